The number of carboxylic acids is 1. The summed E-state index contributed by atoms with van der Waals surface area (Å²) < 4.78 is 5.49. The van der Waals surface area contributed by atoms with Gasteiger partial charge in [-0.3, -0.25) is 9.89 Å². The Kier molecular flexibility index (Phi) is 4.22. The van der Waals surface area contributed by atoms with Gasteiger partial charge in [0.1, 0.15) is 11.4 Å². The molecule has 2 rings (SSSR count). The molecule has 1 amide bonds. The van der Waals surface area contributed by atoms with Gasteiger partial charge in [0.2, 0.25) is 0 Å². The molecule has 0 aliphatic heterocycles. The molecule has 0 radical (unpaired) electrons. The molecule has 3 N–H and O–H groups in total. The molecule has 1 aromatic carbocycles. The summed E-state index contributed by atoms with van der Waals surface area (Å²) in [6.45, 7) is 3.61. The van der Waals surface area contributed by atoms with E-state index in [1.54, 1.807) is 0 Å². The van der Waals surface area contributed by atoms with Crippen LogP contribution in [0.1, 0.15) is 21.6 Å². The Balaban J connectivity index is 1.94. The molecule has 0 bridgehead atoms. The molecule has 110 valence electrons. The van der Waals surface area contributed by atoms with Gasteiger partial charge in [0.05, 0.1) is 0 Å². The molecule has 7 heteroatoms. The van der Waals surface area contributed by atoms with Crippen LogP contribution in [-0.4, -0.2) is 33.8 Å². The molecule has 0 aliphatic carbocycles. The maximum absolute atomic E-state index is 11.8. The van der Waals surface area contributed by atoms with E-state index in [1.165, 1.54) is 6.07 Å². The van der Waals surface area contributed by atoms with Gasteiger partial charge in [-0.2, -0.15) is 5.10 Å². The van der Waals surface area contributed by atoms with Crippen molar-refractivity contribution < 1.29 is 19.4 Å². The van der Waals surface area contributed by atoms with Crippen molar-refractivity contribution >= 4 is 17.7 Å². The maximum Gasteiger partial charge on any atom is 0.353 e. The van der Waals surface area contributed by atoms with Crippen LogP contribution in [-0.2, 0) is 4.79 Å². The van der Waals surface area contributed by atoms with E-state index in [9.17, 15) is 9.59 Å². The average Bonchev–Trinajstić information content (AvgIpc) is 2.87. The molecule has 0 unspecified atom stereocenters. The van der Waals surface area contributed by atoms with Gasteiger partial charge in [0, 0.05) is 6.07 Å². The van der Waals surface area contributed by atoms with Gasteiger partial charge in [-0.25, -0.2) is 4.79 Å². The number of aryl methyl sites for hydroxylation is 2. The van der Waals surface area contributed by atoms with Crippen molar-refractivity contribution in [1.82, 2.24) is 10.2 Å². The van der Waals surface area contributed by atoms with Gasteiger partial charge >= 0.3 is 5.97 Å². The van der Waals surface area contributed by atoms with E-state index >= 15 is 0 Å². The Labute approximate surface area is 120 Å². The summed E-state index contributed by atoms with van der Waals surface area (Å²) >= 11 is 0. The first kappa shape index (κ1) is 14.6. The number of nitrogens with zero attached hydrogens (tertiary/aromatic N) is 1. The Bertz CT molecular complexity index is 658. The minimum atomic E-state index is -1.14. The van der Waals surface area contributed by atoms with Gasteiger partial charge in [-0.15, -0.1) is 0 Å². The van der Waals surface area contributed by atoms with Crippen LogP contribution in [0.2, 0.25) is 0 Å². The van der Waals surface area contributed by atoms with E-state index in [0.717, 1.165) is 11.1 Å². The number of H-pyrrole nitrogens is 1. The highest BCUT2D eigenvalue weighted by atomic mass is 16.5. The summed E-state index contributed by atoms with van der Waals surface area (Å²) in [5.74, 6) is -0.751. The topological polar surface area (TPSA) is 104 Å². The number of para-hydroxylation sites is 1. The highest BCUT2D eigenvalue weighted by Crippen LogP contribution is 2.22. The summed E-state index contributed by atoms with van der Waals surface area (Å²) in [6.07, 6.45) is 0. The fraction of sp³-hybridized carbons (Fsp3) is 0.214. The first-order valence-electron chi connectivity index (χ1n) is 6.25. The van der Waals surface area contributed by atoms with Crippen molar-refractivity contribution in [2.24, 2.45) is 0 Å². The van der Waals surface area contributed by atoms with Crippen LogP contribution in [0, 0.1) is 13.8 Å². The van der Waals surface area contributed by atoms with Gasteiger partial charge in [0.15, 0.2) is 12.4 Å². The lowest BCUT2D eigenvalue weighted by Gasteiger charge is -2.11. The van der Waals surface area contributed by atoms with Crippen LogP contribution in [0.15, 0.2) is 24.3 Å². The third kappa shape index (κ3) is 3.59. The predicted molar refractivity (Wildman–Crippen MR) is 75.6 cm³/mol. The summed E-state index contributed by atoms with van der Waals surface area (Å²) in [7, 11) is 0. The van der Waals surface area contributed by atoms with Crippen LogP contribution in [0.25, 0.3) is 0 Å². The number of nitrogens with one attached hydrogen (secondary N) is 2. The lowest BCUT2D eigenvalue weighted by molar-refractivity contribution is -0.118. The number of amides is 1. The number of benzene rings is 1. The molecule has 21 heavy (non-hydrogen) atoms. The Morgan fingerprint density at radius 1 is 1.33 bits per heavy atom. The van der Waals surface area contributed by atoms with Crippen molar-refractivity contribution in [3.05, 3.63) is 41.1 Å². The molecule has 0 saturated heterocycles. The number of aromatic carboxylic acids is 1. The van der Waals surface area contributed by atoms with Crippen LogP contribution in [0.4, 0.5) is 5.82 Å². The van der Waals surface area contributed by atoms with E-state index in [-0.39, 0.29) is 18.1 Å². The van der Waals surface area contributed by atoms with Crippen LogP contribution in [0.3, 0.4) is 0 Å². The Morgan fingerprint density at radius 2 is 2.00 bits per heavy atom. The molecule has 0 spiro atoms. The standard InChI is InChI=1S/C14H15N3O4/c1-8-4-3-5-9(2)13(8)21-7-12(18)15-11-6-10(14(19)20)16-17-11/h3-6H,7H2,1-2H3,(H,19,20)(H2,15,16,17,18). The van der Waals surface area contributed by atoms with E-state index in [4.69, 9.17) is 9.84 Å². The van der Waals surface area contributed by atoms with Crippen LogP contribution < -0.4 is 10.1 Å². The highest BCUT2D eigenvalue weighted by molar-refractivity contribution is 5.93. The zero-order chi connectivity index (χ0) is 15.4. The summed E-state index contributed by atoms with van der Waals surface area (Å²) in [4.78, 5) is 22.4. The molecule has 0 aliphatic rings. The number of ether oxygens (including phenoxy) is 1. The second-order valence-electron chi connectivity index (χ2n) is 4.53. The summed E-state index contributed by atoms with van der Waals surface area (Å²) in [5.41, 5.74) is 1.78. The number of hydrogen-bond acceptors (Lipinski definition) is 4. The highest BCUT2D eigenvalue weighted by Gasteiger charge is 2.11. The number of rotatable bonds is 5. The smallest absolute Gasteiger partial charge is 0.353 e. The molecule has 0 atom stereocenters. The van der Waals surface area contributed by atoms with Gasteiger partial charge in [0.25, 0.3) is 5.91 Å². The number of hydrogen-bond donors (Lipinski definition) is 3. The third-order valence-corrected chi connectivity index (χ3v) is 2.83. The van der Waals surface area contributed by atoms with E-state index in [1.807, 2.05) is 32.0 Å². The molecule has 7 nitrogen and oxygen atoms in total. The SMILES string of the molecule is Cc1cccc(C)c1OCC(=O)Nc1cc(C(=O)O)[nH]n1. The first-order valence-corrected chi connectivity index (χ1v) is 6.25. The number of aromatic amines is 1. The molecule has 0 fully saturated rings. The summed E-state index contributed by atoms with van der Waals surface area (Å²) in [6, 6.07) is 6.94. The predicted octanol–water partition coefficient (Wildman–Crippen LogP) is 1.74. The molecular weight excluding hydrogens is 274 g/mol. The second kappa shape index (κ2) is 6.08. The van der Waals surface area contributed by atoms with Gasteiger partial charge in [-0.05, 0) is 25.0 Å². The third-order valence-electron chi connectivity index (χ3n) is 2.83. The number of carbonyl (C=O) groups is 2. The largest absolute Gasteiger partial charge is 0.483 e. The summed E-state index contributed by atoms with van der Waals surface area (Å²) in [5, 5.41) is 17.2. The van der Waals surface area contributed by atoms with Crippen molar-refractivity contribution in [2.45, 2.75) is 13.8 Å². The molecule has 2 aromatic rings. The number of carbonyl (C=O) groups excluding carboxylic acids is 1. The number of carboxylic acid groups (broad SMARTS) is 1. The first-order chi connectivity index (χ1) is 9.97. The lowest BCUT2D eigenvalue weighted by atomic mass is 10.1. The zero-order valence-electron chi connectivity index (χ0n) is 11.6. The Hall–Kier alpha value is -2.83. The van der Waals surface area contributed by atoms with E-state index in [2.05, 4.69) is 15.5 Å². The monoisotopic (exact) mass is 289 g/mol. The van der Waals surface area contributed by atoms with Crippen molar-refractivity contribution in [2.75, 3.05) is 11.9 Å². The van der Waals surface area contributed by atoms with Gasteiger partial charge in [-0.1, -0.05) is 18.2 Å². The second-order valence-corrected chi connectivity index (χ2v) is 4.53. The molecular formula is C14H15N3O4. The molecule has 1 aromatic heterocycles. The van der Waals surface area contributed by atoms with Crippen molar-refractivity contribution in [1.29, 1.82) is 0 Å². The maximum atomic E-state index is 11.8. The Morgan fingerprint density at radius 3 is 2.57 bits per heavy atom. The van der Waals surface area contributed by atoms with Gasteiger partial charge < -0.3 is 15.2 Å². The normalized spacial score (nSPS) is 10.2. The fourth-order valence-corrected chi connectivity index (χ4v) is 1.84. The minimum absolute atomic E-state index is 0.0963. The lowest BCUT2D eigenvalue weighted by Crippen LogP contribution is -2.20. The van der Waals surface area contributed by atoms with E-state index in [0.29, 0.717) is 5.75 Å². The van der Waals surface area contributed by atoms with Crippen LogP contribution in [0.5, 0.6) is 5.75 Å². The molecule has 1 heterocycles. The quantitative estimate of drug-likeness (QED) is 0.777. The zero-order valence-corrected chi connectivity index (χ0v) is 11.6. The average molecular weight is 289 g/mol. The number of anilines is 1. The van der Waals surface area contributed by atoms with Crippen LogP contribution >= 0.6 is 0 Å². The minimum Gasteiger partial charge on any atom is -0.483 e. The van der Waals surface area contributed by atoms with Crippen molar-refractivity contribution in [3.8, 4) is 5.75 Å². The van der Waals surface area contributed by atoms with E-state index < -0.39 is 11.9 Å². The fourth-order valence-electron chi connectivity index (χ4n) is 1.84. The molecule has 0 saturated carbocycles. The number of aromatic nitrogens is 2. The van der Waals surface area contributed by atoms with Crippen molar-refractivity contribution in [3.63, 3.8) is 0 Å².